The van der Waals surface area contributed by atoms with Crippen LogP contribution >= 0.6 is 0 Å². The molecule has 0 saturated heterocycles. The van der Waals surface area contributed by atoms with Crippen molar-refractivity contribution in [2.75, 3.05) is 11.9 Å². The van der Waals surface area contributed by atoms with Crippen molar-refractivity contribution in [3.05, 3.63) is 63.7 Å². The zero-order valence-corrected chi connectivity index (χ0v) is 11.6. The molecule has 0 atom stereocenters. The summed E-state index contributed by atoms with van der Waals surface area (Å²) in [5, 5.41) is 20.0. The summed E-state index contributed by atoms with van der Waals surface area (Å²) in [7, 11) is 1.72. The smallest absolute Gasteiger partial charge is 0.338 e. The van der Waals surface area contributed by atoms with Gasteiger partial charge in [0.15, 0.2) is 0 Å². The van der Waals surface area contributed by atoms with Crippen LogP contribution in [-0.2, 0) is 0 Å². The molecule has 0 heterocycles. The van der Waals surface area contributed by atoms with E-state index in [-0.39, 0.29) is 11.3 Å². The van der Waals surface area contributed by atoms with Crippen LogP contribution in [0, 0.1) is 17.0 Å². The van der Waals surface area contributed by atoms with E-state index < -0.39 is 10.9 Å². The Morgan fingerprint density at radius 1 is 1.19 bits per heavy atom. The van der Waals surface area contributed by atoms with E-state index in [9.17, 15) is 20.0 Å². The second-order valence-corrected chi connectivity index (χ2v) is 4.66. The summed E-state index contributed by atoms with van der Waals surface area (Å²) < 4.78 is 0. The number of nitro groups is 1. The summed E-state index contributed by atoms with van der Waals surface area (Å²) in [6.07, 6.45) is 0. The van der Waals surface area contributed by atoms with Gasteiger partial charge in [0.05, 0.1) is 16.2 Å². The minimum Gasteiger partial charge on any atom is -0.478 e. The number of carboxylic acid groups (broad SMARTS) is 1. The van der Waals surface area contributed by atoms with Gasteiger partial charge in [-0.3, -0.25) is 10.1 Å². The highest BCUT2D eigenvalue weighted by atomic mass is 16.6. The average Bonchev–Trinajstić information content (AvgIpc) is 2.46. The number of hydrogen-bond donors (Lipinski definition) is 1. The summed E-state index contributed by atoms with van der Waals surface area (Å²) in [6, 6.07) is 11.4. The largest absolute Gasteiger partial charge is 0.478 e. The lowest BCUT2D eigenvalue weighted by molar-refractivity contribution is -0.384. The Balaban J connectivity index is 2.49. The van der Waals surface area contributed by atoms with Gasteiger partial charge in [-0.25, -0.2) is 4.79 Å². The Kier molecular flexibility index (Phi) is 3.89. The monoisotopic (exact) mass is 286 g/mol. The Morgan fingerprint density at radius 3 is 2.33 bits per heavy atom. The zero-order chi connectivity index (χ0) is 15.6. The standard InChI is InChI=1S/C15H14N2O4/c1-10-3-5-11(6-4-10)16(2)14-8-7-12(17(20)21)9-13(14)15(18)19/h3-9H,1-2H3,(H,18,19). The summed E-state index contributed by atoms with van der Waals surface area (Å²) in [5.74, 6) is -1.20. The van der Waals surface area contributed by atoms with E-state index in [1.807, 2.05) is 31.2 Å². The molecular weight excluding hydrogens is 272 g/mol. The van der Waals surface area contributed by atoms with Crippen LogP contribution in [0.2, 0.25) is 0 Å². The number of benzene rings is 2. The summed E-state index contributed by atoms with van der Waals surface area (Å²) >= 11 is 0. The molecule has 6 heteroatoms. The molecule has 0 amide bonds. The van der Waals surface area contributed by atoms with E-state index in [0.29, 0.717) is 5.69 Å². The zero-order valence-electron chi connectivity index (χ0n) is 11.6. The average molecular weight is 286 g/mol. The van der Waals surface area contributed by atoms with Gasteiger partial charge in [0.2, 0.25) is 0 Å². The lowest BCUT2D eigenvalue weighted by Gasteiger charge is -2.21. The molecular formula is C15H14N2O4. The van der Waals surface area contributed by atoms with Crippen molar-refractivity contribution >= 4 is 23.0 Å². The van der Waals surface area contributed by atoms with Crippen molar-refractivity contribution in [3.8, 4) is 0 Å². The number of hydrogen-bond acceptors (Lipinski definition) is 4. The molecule has 0 fully saturated rings. The first-order valence-corrected chi connectivity index (χ1v) is 6.22. The molecule has 0 aliphatic carbocycles. The van der Waals surface area contributed by atoms with Crippen LogP contribution in [0.25, 0.3) is 0 Å². The lowest BCUT2D eigenvalue weighted by atomic mass is 10.1. The number of nitrogens with zero attached hydrogens (tertiary/aromatic N) is 2. The van der Waals surface area contributed by atoms with Gasteiger partial charge >= 0.3 is 5.97 Å². The predicted molar refractivity (Wildman–Crippen MR) is 79.3 cm³/mol. The number of carbonyl (C=O) groups is 1. The Hall–Kier alpha value is -2.89. The van der Waals surface area contributed by atoms with Gasteiger partial charge in [-0.15, -0.1) is 0 Å². The number of anilines is 2. The first kappa shape index (κ1) is 14.5. The first-order chi connectivity index (χ1) is 9.90. The molecule has 21 heavy (non-hydrogen) atoms. The highest BCUT2D eigenvalue weighted by Gasteiger charge is 2.19. The Bertz CT molecular complexity index is 695. The molecule has 2 rings (SSSR count). The third kappa shape index (κ3) is 3.00. The van der Waals surface area contributed by atoms with Gasteiger partial charge in [-0.2, -0.15) is 0 Å². The van der Waals surface area contributed by atoms with Crippen molar-refractivity contribution in [2.24, 2.45) is 0 Å². The molecule has 108 valence electrons. The molecule has 0 unspecified atom stereocenters. The van der Waals surface area contributed by atoms with Crippen LogP contribution < -0.4 is 4.90 Å². The van der Waals surface area contributed by atoms with Crippen molar-refractivity contribution in [1.82, 2.24) is 0 Å². The van der Waals surface area contributed by atoms with Crippen LogP contribution in [0.3, 0.4) is 0 Å². The molecule has 0 radical (unpaired) electrons. The first-order valence-electron chi connectivity index (χ1n) is 6.22. The number of aromatic carboxylic acids is 1. The highest BCUT2D eigenvalue weighted by molar-refractivity contribution is 5.96. The molecule has 0 aliphatic heterocycles. The van der Waals surface area contributed by atoms with E-state index in [2.05, 4.69) is 0 Å². The number of aryl methyl sites for hydroxylation is 1. The molecule has 0 aliphatic rings. The van der Waals surface area contributed by atoms with Gasteiger partial charge in [0.1, 0.15) is 0 Å². The summed E-state index contributed by atoms with van der Waals surface area (Å²) in [6.45, 7) is 1.96. The fourth-order valence-corrected chi connectivity index (χ4v) is 2.01. The molecule has 6 nitrogen and oxygen atoms in total. The Labute approximate surface area is 121 Å². The van der Waals surface area contributed by atoms with E-state index in [1.54, 1.807) is 11.9 Å². The lowest BCUT2D eigenvalue weighted by Crippen LogP contribution is -2.14. The minimum atomic E-state index is -1.20. The van der Waals surface area contributed by atoms with Crippen LogP contribution in [0.15, 0.2) is 42.5 Å². The number of rotatable bonds is 4. The van der Waals surface area contributed by atoms with Crippen LogP contribution in [0.5, 0.6) is 0 Å². The van der Waals surface area contributed by atoms with Gasteiger partial charge in [-0.1, -0.05) is 17.7 Å². The molecule has 2 aromatic rings. The number of carboxylic acids is 1. The SMILES string of the molecule is Cc1ccc(N(C)c2ccc([N+](=O)[O-])cc2C(=O)O)cc1. The molecule has 2 aromatic carbocycles. The normalized spacial score (nSPS) is 10.2. The van der Waals surface area contributed by atoms with Gasteiger partial charge in [0, 0.05) is 24.9 Å². The van der Waals surface area contributed by atoms with Crippen LogP contribution in [0.1, 0.15) is 15.9 Å². The maximum atomic E-state index is 11.3. The molecule has 0 aromatic heterocycles. The summed E-state index contributed by atoms with van der Waals surface area (Å²) in [4.78, 5) is 23.2. The van der Waals surface area contributed by atoms with E-state index in [1.165, 1.54) is 12.1 Å². The second kappa shape index (κ2) is 5.62. The van der Waals surface area contributed by atoms with Crippen molar-refractivity contribution in [2.45, 2.75) is 6.92 Å². The van der Waals surface area contributed by atoms with E-state index in [4.69, 9.17) is 0 Å². The maximum Gasteiger partial charge on any atom is 0.338 e. The minimum absolute atomic E-state index is 0.104. The second-order valence-electron chi connectivity index (χ2n) is 4.66. The van der Waals surface area contributed by atoms with Crippen molar-refractivity contribution in [1.29, 1.82) is 0 Å². The number of nitro benzene ring substituents is 1. The van der Waals surface area contributed by atoms with Crippen LogP contribution in [-0.4, -0.2) is 23.0 Å². The van der Waals surface area contributed by atoms with Gasteiger partial charge in [-0.05, 0) is 25.1 Å². The molecule has 0 saturated carbocycles. The molecule has 0 spiro atoms. The number of non-ortho nitro benzene ring substituents is 1. The highest BCUT2D eigenvalue weighted by Crippen LogP contribution is 2.30. The van der Waals surface area contributed by atoms with Gasteiger partial charge in [0.25, 0.3) is 5.69 Å². The topological polar surface area (TPSA) is 83.7 Å². The molecule has 1 N–H and O–H groups in total. The van der Waals surface area contributed by atoms with Crippen molar-refractivity contribution < 1.29 is 14.8 Å². The fourth-order valence-electron chi connectivity index (χ4n) is 2.01. The summed E-state index contributed by atoms with van der Waals surface area (Å²) in [5.41, 5.74) is 1.95. The quantitative estimate of drug-likeness (QED) is 0.688. The van der Waals surface area contributed by atoms with Crippen LogP contribution in [0.4, 0.5) is 17.1 Å². The predicted octanol–water partition coefficient (Wildman–Crippen LogP) is 3.37. The fraction of sp³-hybridized carbons (Fsp3) is 0.133. The van der Waals surface area contributed by atoms with Gasteiger partial charge < -0.3 is 10.0 Å². The maximum absolute atomic E-state index is 11.3. The van der Waals surface area contributed by atoms with Crippen molar-refractivity contribution in [3.63, 3.8) is 0 Å². The third-order valence-electron chi connectivity index (χ3n) is 3.20. The Morgan fingerprint density at radius 2 is 1.81 bits per heavy atom. The van der Waals surface area contributed by atoms with E-state index >= 15 is 0 Å². The van der Waals surface area contributed by atoms with E-state index in [0.717, 1.165) is 17.3 Å². The molecule has 0 bridgehead atoms. The third-order valence-corrected chi connectivity index (χ3v) is 3.20.